The Morgan fingerprint density at radius 3 is 2.67 bits per heavy atom. The minimum Gasteiger partial charge on any atom is -0.359 e. The Bertz CT molecular complexity index is 808. The maximum Gasteiger partial charge on any atom is 0.290 e. The van der Waals surface area contributed by atoms with Gasteiger partial charge >= 0.3 is 0 Å². The minimum absolute atomic E-state index is 0.196. The standard InChI is InChI=1S/C18H19N3O3/c1-12(14-6-4-3-5-7-14)8-15-10-17(24-21-15)18(22)19-11-16-9-13(2)20-23-16/h3-7,9-10,12H,8,11H2,1-2H3,(H,19,22)/t12-/m1/s1. The van der Waals surface area contributed by atoms with E-state index in [2.05, 4.69) is 34.7 Å². The third-order valence-corrected chi connectivity index (χ3v) is 3.77. The van der Waals surface area contributed by atoms with Gasteiger partial charge < -0.3 is 14.4 Å². The van der Waals surface area contributed by atoms with E-state index in [-0.39, 0.29) is 18.2 Å². The number of aromatic nitrogens is 2. The number of nitrogens with zero attached hydrogens (tertiary/aromatic N) is 2. The molecule has 0 bridgehead atoms. The van der Waals surface area contributed by atoms with E-state index in [9.17, 15) is 4.79 Å². The Kier molecular flexibility index (Phi) is 4.74. The first kappa shape index (κ1) is 16.0. The second-order valence-electron chi connectivity index (χ2n) is 5.82. The second kappa shape index (κ2) is 7.12. The van der Waals surface area contributed by atoms with Crippen LogP contribution >= 0.6 is 0 Å². The molecule has 0 unspecified atom stereocenters. The van der Waals surface area contributed by atoms with Crippen molar-refractivity contribution < 1.29 is 13.8 Å². The quantitative estimate of drug-likeness (QED) is 0.752. The number of amides is 1. The molecular weight excluding hydrogens is 306 g/mol. The first-order valence-corrected chi connectivity index (χ1v) is 7.83. The molecule has 0 aliphatic carbocycles. The number of nitrogens with one attached hydrogen (secondary N) is 1. The van der Waals surface area contributed by atoms with Crippen molar-refractivity contribution in [1.29, 1.82) is 0 Å². The summed E-state index contributed by atoms with van der Waals surface area (Å²) in [5, 5.41) is 10.5. The summed E-state index contributed by atoms with van der Waals surface area (Å²) in [5.41, 5.74) is 2.76. The molecule has 2 heterocycles. The highest BCUT2D eigenvalue weighted by Crippen LogP contribution is 2.20. The van der Waals surface area contributed by atoms with Crippen LogP contribution < -0.4 is 5.32 Å². The normalized spacial score (nSPS) is 12.1. The van der Waals surface area contributed by atoms with Gasteiger partial charge in [0.05, 0.1) is 17.9 Å². The number of hydrogen-bond acceptors (Lipinski definition) is 5. The summed E-state index contributed by atoms with van der Waals surface area (Å²) in [4.78, 5) is 12.1. The number of carbonyl (C=O) groups is 1. The molecule has 1 aromatic carbocycles. The topological polar surface area (TPSA) is 81.2 Å². The van der Waals surface area contributed by atoms with E-state index in [0.717, 1.165) is 11.4 Å². The van der Waals surface area contributed by atoms with E-state index in [1.807, 2.05) is 25.1 Å². The molecule has 0 aliphatic heterocycles. The molecule has 0 saturated carbocycles. The average molecular weight is 325 g/mol. The van der Waals surface area contributed by atoms with Gasteiger partial charge in [-0.25, -0.2) is 0 Å². The Morgan fingerprint density at radius 2 is 1.96 bits per heavy atom. The van der Waals surface area contributed by atoms with Crippen LogP contribution in [0.3, 0.4) is 0 Å². The zero-order valence-corrected chi connectivity index (χ0v) is 13.7. The van der Waals surface area contributed by atoms with Gasteiger partial charge in [0.25, 0.3) is 5.91 Å². The SMILES string of the molecule is Cc1cc(CNC(=O)c2cc(C[C@@H](C)c3ccccc3)no2)on1. The maximum atomic E-state index is 12.1. The van der Waals surface area contributed by atoms with E-state index in [1.165, 1.54) is 5.56 Å². The highest BCUT2D eigenvalue weighted by Gasteiger charge is 2.16. The van der Waals surface area contributed by atoms with Crippen LogP contribution in [0.5, 0.6) is 0 Å². The largest absolute Gasteiger partial charge is 0.359 e. The Morgan fingerprint density at radius 1 is 1.17 bits per heavy atom. The van der Waals surface area contributed by atoms with Gasteiger partial charge in [-0.15, -0.1) is 0 Å². The molecule has 124 valence electrons. The van der Waals surface area contributed by atoms with E-state index < -0.39 is 0 Å². The Hall–Kier alpha value is -2.89. The summed E-state index contributed by atoms with van der Waals surface area (Å²) in [6, 6.07) is 13.6. The van der Waals surface area contributed by atoms with Crippen LogP contribution in [-0.2, 0) is 13.0 Å². The number of carbonyl (C=O) groups excluding carboxylic acids is 1. The average Bonchev–Trinajstić information content (AvgIpc) is 3.22. The van der Waals surface area contributed by atoms with Crippen molar-refractivity contribution in [3.8, 4) is 0 Å². The predicted molar refractivity (Wildman–Crippen MR) is 87.5 cm³/mol. The fraction of sp³-hybridized carbons (Fsp3) is 0.278. The van der Waals surface area contributed by atoms with Crippen LogP contribution in [0.15, 0.2) is 51.5 Å². The van der Waals surface area contributed by atoms with E-state index in [1.54, 1.807) is 12.1 Å². The third-order valence-electron chi connectivity index (χ3n) is 3.77. The van der Waals surface area contributed by atoms with Gasteiger partial charge in [0.15, 0.2) is 5.76 Å². The van der Waals surface area contributed by atoms with Crippen molar-refractivity contribution in [2.24, 2.45) is 0 Å². The lowest BCUT2D eigenvalue weighted by Crippen LogP contribution is -2.22. The van der Waals surface area contributed by atoms with Crippen molar-refractivity contribution in [2.75, 3.05) is 0 Å². The molecule has 1 amide bonds. The summed E-state index contributed by atoms with van der Waals surface area (Å²) in [6.07, 6.45) is 0.710. The molecule has 0 aliphatic rings. The zero-order valence-electron chi connectivity index (χ0n) is 13.7. The van der Waals surface area contributed by atoms with Crippen molar-refractivity contribution in [3.05, 3.63) is 70.9 Å². The molecule has 24 heavy (non-hydrogen) atoms. The van der Waals surface area contributed by atoms with Crippen LogP contribution in [0.1, 0.15) is 46.1 Å². The van der Waals surface area contributed by atoms with Crippen LogP contribution in [0.2, 0.25) is 0 Å². The van der Waals surface area contributed by atoms with Crippen LogP contribution in [0.4, 0.5) is 0 Å². The molecule has 0 saturated heterocycles. The highest BCUT2D eigenvalue weighted by atomic mass is 16.5. The molecular formula is C18H19N3O3. The molecule has 0 spiro atoms. The monoisotopic (exact) mass is 325 g/mol. The summed E-state index contributed by atoms with van der Waals surface area (Å²) in [5.74, 6) is 0.763. The first-order valence-electron chi connectivity index (χ1n) is 7.83. The second-order valence-corrected chi connectivity index (χ2v) is 5.82. The first-order chi connectivity index (χ1) is 11.6. The van der Waals surface area contributed by atoms with Gasteiger partial charge in [0, 0.05) is 12.1 Å². The number of benzene rings is 1. The lowest BCUT2D eigenvalue weighted by Gasteiger charge is -2.08. The van der Waals surface area contributed by atoms with Gasteiger partial charge in [0.2, 0.25) is 5.76 Å². The van der Waals surface area contributed by atoms with Gasteiger partial charge in [0.1, 0.15) is 0 Å². The molecule has 2 aromatic heterocycles. The predicted octanol–water partition coefficient (Wildman–Crippen LogP) is 3.25. The lowest BCUT2D eigenvalue weighted by molar-refractivity contribution is 0.0910. The summed E-state index contributed by atoms with van der Waals surface area (Å²) in [6.45, 7) is 4.21. The lowest BCUT2D eigenvalue weighted by atomic mass is 9.96. The molecule has 1 atom stereocenters. The van der Waals surface area contributed by atoms with Gasteiger partial charge in [-0.1, -0.05) is 47.6 Å². The number of aryl methyl sites for hydroxylation is 1. The molecule has 3 aromatic rings. The molecule has 6 heteroatoms. The van der Waals surface area contributed by atoms with E-state index in [4.69, 9.17) is 9.05 Å². The smallest absolute Gasteiger partial charge is 0.290 e. The van der Waals surface area contributed by atoms with Crippen molar-refractivity contribution >= 4 is 5.91 Å². The van der Waals surface area contributed by atoms with E-state index >= 15 is 0 Å². The van der Waals surface area contributed by atoms with Gasteiger partial charge in [-0.3, -0.25) is 4.79 Å². The van der Waals surface area contributed by atoms with Crippen LogP contribution in [-0.4, -0.2) is 16.2 Å². The zero-order chi connectivity index (χ0) is 16.9. The molecule has 6 nitrogen and oxygen atoms in total. The summed E-state index contributed by atoms with van der Waals surface area (Å²) < 4.78 is 10.2. The van der Waals surface area contributed by atoms with Crippen LogP contribution in [0.25, 0.3) is 0 Å². The fourth-order valence-electron chi connectivity index (χ4n) is 2.48. The van der Waals surface area contributed by atoms with Crippen molar-refractivity contribution in [1.82, 2.24) is 15.6 Å². The van der Waals surface area contributed by atoms with Crippen molar-refractivity contribution in [3.63, 3.8) is 0 Å². The molecule has 3 rings (SSSR count). The van der Waals surface area contributed by atoms with Gasteiger partial charge in [-0.05, 0) is 24.8 Å². The number of rotatable bonds is 6. The molecule has 0 fully saturated rings. The minimum atomic E-state index is -0.324. The van der Waals surface area contributed by atoms with Crippen LogP contribution in [0, 0.1) is 6.92 Å². The molecule has 1 N–H and O–H groups in total. The third kappa shape index (κ3) is 3.90. The maximum absolute atomic E-state index is 12.1. The Balaban J connectivity index is 1.57. The summed E-state index contributed by atoms with van der Waals surface area (Å²) in [7, 11) is 0. The van der Waals surface area contributed by atoms with Crippen molar-refractivity contribution in [2.45, 2.75) is 32.7 Å². The van der Waals surface area contributed by atoms with Gasteiger partial charge in [-0.2, -0.15) is 0 Å². The highest BCUT2D eigenvalue weighted by molar-refractivity contribution is 5.91. The number of hydrogen-bond donors (Lipinski definition) is 1. The fourth-order valence-corrected chi connectivity index (χ4v) is 2.48. The summed E-state index contributed by atoms with van der Waals surface area (Å²) >= 11 is 0. The van der Waals surface area contributed by atoms with E-state index in [0.29, 0.717) is 18.1 Å². The molecule has 0 radical (unpaired) electrons. The Labute approximate surface area is 139 Å².